The number of rotatable bonds is 3. The maximum absolute atomic E-state index is 12.7. The molecule has 0 bridgehead atoms. The summed E-state index contributed by atoms with van der Waals surface area (Å²) >= 11 is 0. The Balaban J connectivity index is 1.73. The van der Waals surface area contributed by atoms with Crippen LogP contribution < -0.4 is 4.74 Å². The fourth-order valence-corrected chi connectivity index (χ4v) is 2.91. The summed E-state index contributed by atoms with van der Waals surface area (Å²) in [6, 6.07) is 5.41. The summed E-state index contributed by atoms with van der Waals surface area (Å²) in [5, 5.41) is 0. The molecule has 2 aromatic rings. The van der Waals surface area contributed by atoms with Crippen molar-refractivity contribution < 1.29 is 9.53 Å². The van der Waals surface area contributed by atoms with E-state index in [1.165, 1.54) is 0 Å². The van der Waals surface area contributed by atoms with Gasteiger partial charge in [-0.2, -0.15) is 0 Å². The van der Waals surface area contributed by atoms with Crippen LogP contribution in [-0.4, -0.2) is 46.0 Å². The van der Waals surface area contributed by atoms with E-state index in [0.717, 1.165) is 30.9 Å². The molecule has 23 heavy (non-hydrogen) atoms. The summed E-state index contributed by atoms with van der Waals surface area (Å²) in [4.78, 5) is 27.3. The second-order valence-electron chi connectivity index (χ2n) is 5.71. The highest BCUT2D eigenvalue weighted by molar-refractivity contribution is 5.94. The number of pyridine rings is 1. The van der Waals surface area contributed by atoms with Crippen molar-refractivity contribution in [1.82, 2.24) is 19.9 Å². The third-order valence-corrected chi connectivity index (χ3v) is 4.12. The van der Waals surface area contributed by atoms with Crippen molar-refractivity contribution in [2.45, 2.75) is 25.7 Å². The van der Waals surface area contributed by atoms with Gasteiger partial charge in [-0.05, 0) is 31.9 Å². The summed E-state index contributed by atoms with van der Waals surface area (Å²) in [5.41, 5.74) is 1.60. The number of aromatic nitrogens is 3. The molecular formula is C17H20N4O2. The molecule has 1 aliphatic heterocycles. The van der Waals surface area contributed by atoms with Crippen LogP contribution in [0.3, 0.4) is 0 Å². The summed E-state index contributed by atoms with van der Waals surface area (Å²) in [5.74, 6) is 1.55. The number of carbonyl (C=O) groups is 1. The van der Waals surface area contributed by atoms with Gasteiger partial charge in [-0.1, -0.05) is 0 Å². The Morgan fingerprint density at radius 1 is 1.30 bits per heavy atom. The van der Waals surface area contributed by atoms with Crippen molar-refractivity contribution in [2.75, 3.05) is 20.2 Å². The van der Waals surface area contributed by atoms with E-state index in [1.807, 2.05) is 17.9 Å². The Kier molecular flexibility index (Phi) is 4.50. The van der Waals surface area contributed by atoms with Crippen LogP contribution in [0.5, 0.6) is 5.88 Å². The van der Waals surface area contributed by atoms with Gasteiger partial charge in [-0.15, -0.1) is 0 Å². The Bertz CT molecular complexity index is 687. The molecule has 1 saturated heterocycles. The number of amides is 1. The third-order valence-electron chi connectivity index (χ3n) is 4.12. The first-order chi connectivity index (χ1) is 11.2. The van der Waals surface area contributed by atoms with Crippen molar-refractivity contribution in [3.8, 4) is 5.88 Å². The lowest BCUT2D eigenvalue weighted by molar-refractivity contribution is 0.0705. The van der Waals surface area contributed by atoms with E-state index in [9.17, 15) is 4.79 Å². The van der Waals surface area contributed by atoms with E-state index >= 15 is 0 Å². The standard InChI is InChI=1S/C17H20N4O2/c1-12-18-8-7-15(20-12)14-4-3-9-21(11-14)17(22)13-5-6-16(23-2)19-10-13/h5-8,10,14H,3-4,9,11H2,1-2H3/t14-/m0/s1. The largest absolute Gasteiger partial charge is 0.481 e. The topological polar surface area (TPSA) is 68.2 Å². The van der Waals surface area contributed by atoms with Crippen LogP contribution in [-0.2, 0) is 0 Å². The van der Waals surface area contributed by atoms with E-state index in [-0.39, 0.29) is 11.8 Å². The lowest BCUT2D eigenvalue weighted by Crippen LogP contribution is -2.39. The summed E-state index contributed by atoms with van der Waals surface area (Å²) in [6.07, 6.45) is 5.37. The molecule has 2 aromatic heterocycles. The maximum atomic E-state index is 12.7. The van der Waals surface area contributed by atoms with Crippen molar-refractivity contribution in [2.24, 2.45) is 0 Å². The first kappa shape index (κ1) is 15.4. The van der Waals surface area contributed by atoms with E-state index in [0.29, 0.717) is 18.0 Å². The number of nitrogens with zero attached hydrogens (tertiary/aromatic N) is 4. The molecule has 1 aliphatic rings. The number of hydrogen-bond acceptors (Lipinski definition) is 5. The van der Waals surface area contributed by atoms with Crippen molar-refractivity contribution in [3.63, 3.8) is 0 Å². The van der Waals surface area contributed by atoms with Gasteiger partial charge in [0.1, 0.15) is 5.82 Å². The summed E-state index contributed by atoms with van der Waals surface area (Å²) < 4.78 is 5.03. The van der Waals surface area contributed by atoms with Crippen LogP contribution >= 0.6 is 0 Å². The molecule has 0 N–H and O–H groups in total. The number of carbonyl (C=O) groups excluding carboxylic acids is 1. The summed E-state index contributed by atoms with van der Waals surface area (Å²) in [6.45, 7) is 3.34. The third kappa shape index (κ3) is 3.47. The second kappa shape index (κ2) is 6.73. The van der Waals surface area contributed by atoms with Gasteiger partial charge in [0.05, 0.1) is 12.7 Å². The second-order valence-corrected chi connectivity index (χ2v) is 5.71. The van der Waals surface area contributed by atoms with Crippen molar-refractivity contribution in [3.05, 3.63) is 47.7 Å². The molecule has 1 amide bonds. The zero-order chi connectivity index (χ0) is 16.2. The van der Waals surface area contributed by atoms with Crippen LogP contribution in [0.4, 0.5) is 0 Å². The van der Waals surface area contributed by atoms with Crippen molar-refractivity contribution in [1.29, 1.82) is 0 Å². The first-order valence-corrected chi connectivity index (χ1v) is 7.76. The Labute approximate surface area is 135 Å². The van der Waals surface area contributed by atoms with Crippen LogP contribution in [0.15, 0.2) is 30.6 Å². The van der Waals surface area contributed by atoms with E-state index in [1.54, 1.807) is 31.6 Å². The van der Waals surface area contributed by atoms with E-state index in [4.69, 9.17) is 4.74 Å². The molecule has 0 unspecified atom stereocenters. The minimum absolute atomic E-state index is 0.00984. The summed E-state index contributed by atoms with van der Waals surface area (Å²) in [7, 11) is 1.56. The number of methoxy groups -OCH3 is 1. The molecule has 1 fully saturated rings. The highest BCUT2D eigenvalue weighted by Crippen LogP contribution is 2.26. The fraction of sp³-hybridized carbons (Fsp3) is 0.412. The highest BCUT2D eigenvalue weighted by Gasteiger charge is 2.26. The van der Waals surface area contributed by atoms with Crippen LogP contribution in [0, 0.1) is 6.92 Å². The first-order valence-electron chi connectivity index (χ1n) is 7.76. The predicted octanol–water partition coefficient (Wildman–Crippen LogP) is 2.21. The fourth-order valence-electron chi connectivity index (χ4n) is 2.91. The molecule has 0 aliphatic carbocycles. The Hall–Kier alpha value is -2.50. The molecule has 0 aromatic carbocycles. The molecule has 3 heterocycles. The number of likely N-dealkylation sites (tertiary alicyclic amines) is 1. The van der Waals surface area contributed by atoms with Gasteiger partial charge in [0.2, 0.25) is 5.88 Å². The average Bonchev–Trinajstić information content (AvgIpc) is 2.61. The molecule has 0 spiro atoms. The zero-order valence-electron chi connectivity index (χ0n) is 13.4. The van der Waals surface area contributed by atoms with Gasteiger partial charge in [0, 0.05) is 43.2 Å². The van der Waals surface area contributed by atoms with Crippen LogP contribution in [0.2, 0.25) is 0 Å². The quantitative estimate of drug-likeness (QED) is 0.869. The van der Waals surface area contributed by atoms with Crippen molar-refractivity contribution >= 4 is 5.91 Å². The number of ether oxygens (including phenoxy) is 1. The predicted molar refractivity (Wildman–Crippen MR) is 85.4 cm³/mol. The van der Waals surface area contributed by atoms with Gasteiger partial charge in [-0.25, -0.2) is 15.0 Å². The van der Waals surface area contributed by atoms with Crippen LogP contribution in [0.1, 0.15) is 40.6 Å². The monoisotopic (exact) mass is 312 g/mol. The SMILES string of the molecule is COc1ccc(C(=O)N2CCC[C@H](c3ccnc(C)n3)C2)cn1. The lowest BCUT2D eigenvalue weighted by atomic mass is 9.94. The highest BCUT2D eigenvalue weighted by atomic mass is 16.5. The Morgan fingerprint density at radius 2 is 2.17 bits per heavy atom. The van der Waals surface area contributed by atoms with E-state index < -0.39 is 0 Å². The molecule has 0 radical (unpaired) electrons. The Morgan fingerprint density at radius 3 is 2.87 bits per heavy atom. The maximum Gasteiger partial charge on any atom is 0.255 e. The van der Waals surface area contributed by atoms with Gasteiger partial charge in [-0.3, -0.25) is 4.79 Å². The van der Waals surface area contributed by atoms with Gasteiger partial charge in [0.25, 0.3) is 5.91 Å². The number of aryl methyl sites for hydroxylation is 1. The number of hydrogen-bond donors (Lipinski definition) is 0. The zero-order valence-corrected chi connectivity index (χ0v) is 13.4. The number of piperidine rings is 1. The van der Waals surface area contributed by atoms with Gasteiger partial charge in [0.15, 0.2) is 0 Å². The van der Waals surface area contributed by atoms with Crippen LogP contribution in [0.25, 0.3) is 0 Å². The minimum Gasteiger partial charge on any atom is -0.481 e. The minimum atomic E-state index is 0.00984. The average molecular weight is 312 g/mol. The lowest BCUT2D eigenvalue weighted by Gasteiger charge is -2.32. The van der Waals surface area contributed by atoms with E-state index in [2.05, 4.69) is 15.0 Å². The molecule has 0 saturated carbocycles. The van der Waals surface area contributed by atoms with Gasteiger partial charge < -0.3 is 9.64 Å². The van der Waals surface area contributed by atoms with Gasteiger partial charge >= 0.3 is 0 Å². The molecule has 3 rings (SSSR count). The molecular weight excluding hydrogens is 292 g/mol. The normalized spacial score (nSPS) is 17.8. The molecule has 1 atom stereocenters. The smallest absolute Gasteiger partial charge is 0.255 e. The molecule has 6 nitrogen and oxygen atoms in total. The molecule has 120 valence electrons. The molecule has 6 heteroatoms.